The number of nitrogens with one attached hydrogen (secondary N) is 4. The minimum atomic E-state index is -0.546. The zero-order valence-electron chi connectivity index (χ0n) is 18.6. The number of ether oxygens (including phenoxy) is 1. The molecule has 4 N–H and O–H groups in total. The number of anilines is 1. The van der Waals surface area contributed by atoms with Crippen molar-refractivity contribution < 1.29 is 14.3 Å². The van der Waals surface area contributed by atoms with Crippen LogP contribution >= 0.6 is 0 Å². The fourth-order valence-corrected chi connectivity index (χ4v) is 2.39. The van der Waals surface area contributed by atoms with Crippen LogP contribution in [0.5, 0.6) is 0 Å². The average Bonchev–Trinajstić information content (AvgIpc) is 2.55. The number of carbonyl (C=O) groups excluding carboxylic acids is 2. The molecule has 2 amide bonds. The second kappa shape index (κ2) is 10.7. The number of carbonyl (C=O) groups is 2. The molecule has 1 aromatic carbocycles. The Bertz CT molecular complexity index is 723. The van der Waals surface area contributed by atoms with E-state index in [-0.39, 0.29) is 5.91 Å². The summed E-state index contributed by atoms with van der Waals surface area (Å²) >= 11 is 0. The highest BCUT2D eigenvalue weighted by molar-refractivity contribution is 5.88. The van der Waals surface area contributed by atoms with E-state index in [0.717, 1.165) is 11.3 Å². The molecule has 8 heteroatoms. The van der Waals surface area contributed by atoms with E-state index in [2.05, 4.69) is 26.3 Å². The molecule has 0 unspecified atom stereocenters. The molecule has 8 nitrogen and oxygen atoms in total. The van der Waals surface area contributed by atoms with Gasteiger partial charge in [-0.3, -0.25) is 4.79 Å². The van der Waals surface area contributed by atoms with Gasteiger partial charge in [0.1, 0.15) is 5.60 Å². The fourth-order valence-electron chi connectivity index (χ4n) is 2.39. The number of benzene rings is 1. The Morgan fingerprint density at radius 2 is 1.79 bits per heavy atom. The van der Waals surface area contributed by atoms with Crippen LogP contribution in [0.2, 0.25) is 0 Å². The molecule has 0 atom stereocenters. The Balaban J connectivity index is 2.70. The van der Waals surface area contributed by atoms with E-state index in [4.69, 9.17) is 4.74 Å². The van der Waals surface area contributed by atoms with E-state index in [1.165, 1.54) is 6.92 Å². The summed E-state index contributed by atoms with van der Waals surface area (Å²) in [6.07, 6.45) is -0.457. The van der Waals surface area contributed by atoms with Crippen LogP contribution in [0.1, 0.15) is 54.0 Å². The van der Waals surface area contributed by atoms with Crippen LogP contribution in [0.4, 0.5) is 10.5 Å². The molecule has 0 saturated carbocycles. The Morgan fingerprint density at radius 3 is 2.38 bits per heavy atom. The van der Waals surface area contributed by atoms with Crippen LogP contribution in [0, 0.1) is 0 Å². The molecular weight excluding hydrogens is 370 g/mol. The van der Waals surface area contributed by atoms with Crippen LogP contribution in [-0.2, 0) is 16.1 Å². The molecular formula is C21H35N5O3. The van der Waals surface area contributed by atoms with Gasteiger partial charge in [0.15, 0.2) is 5.96 Å². The van der Waals surface area contributed by atoms with E-state index >= 15 is 0 Å². The summed E-state index contributed by atoms with van der Waals surface area (Å²) in [6, 6.07) is 7.56. The summed E-state index contributed by atoms with van der Waals surface area (Å²) in [7, 11) is 0. The summed E-state index contributed by atoms with van der Waals surface area (Å²) in [5.74, 6) is 0.525. The minimum absolute atomic E-state index is 0.111. The van der Waals surface area contributed by atoms with Crippen LogP contribution in [0.25, 0.3) is 0 Å². The van der Waals surface area contributed by atoms with Crippen molar-refractivity contribution in [1.82, 2.24) is 16.0 Å². The molecule has 0 radical (unpaired) electrons. The summed E-state index contributed by atoms with van der Waals surface area (Å²) in [5, 5.41) is 12.1. The first-order valence-corrected chi connectivity index (χ1v) is 9.80. The van der Waals surface area contributed by atoms with Crippen molar-refractivity contribution in [3.63, 3.8) is 0 Å². The summed E-state index contributed by atoms with van der Waals surface area (Å²) < 4.78 is 5.32. The second-order valence-electron chi connectivity index (χ2n) is 8.44. The SMILES string of the molecule is CCNC(=NCc1cccc(NC(C)=O)c1)NCC(C)(C)NC(=O)OC(C)(C)C. The molecule has 0 saturated heterocycles. The Hall–Kier alpha value is -2.77. The molecule has 0 heterocycles. The van der Waals surface area contributed by atoms with Gasteiger partial charge in [-0.2, -0.15) is 0 Å². The quantitative estimate of drug-likeness (QED) is 0.412. The van der Waals surface area contributed by atoms with Gasteiger partial charge in [0, 0.05) is 25.7 Å². The van der Waals surface area contributed by atoms with Gasteiger partial charge in [0.2, 0.25) is 5.91 Å². The normalized spacial score (nSPS) is 12.2. The highest BCUT2D eigenvalue weighted by Crippen LogP contribution is 2.12. The maximum atomic E-state index is 12.0. The van der Waals surface area contributed by atoms with Crippen LogP contribution < -0.4 is 21.3 Å². The monoisotopic (exact) mass is 405 g/mol. The van der Waals surface area contributed by atoms with Crippen molar-refractivity contribution in [1.29, 1.82) is 0 Å². The Morgan fingerprint density at radius 1 is 1.10 bits per heavy atom. The smallest absolute Gasteiger partial charge is 0.408 e. The van der Waals surface area contributed by atoms with Crippen LogP contribution in [0.3, 0.4) is 0 Å². The zero-order valence-corrected chi connectivity index (χ0v) is 18.6. The second-order valence-corrected chi connectivity index (χ2v) is 8.44. The van der Waals surface area contributed by atoms with Gasteiger partial charge in [-0.1, -0.05) is 12.1 Å². The number of nitrogens with zero attached hydrogens (tertiary/aromatic N) is 1. The predicted octanol–water partition coefficient (Wildman–Crippen LogP) is 3.00. The molecule has 1 rings (SSSR count). The molecule has 0 spiro atoms. The number of guanidine groups is 1. The summed E-state index contributed by atoms with van der Waals surface area (Å²) in [4.78, 5) is 27.8. The van der Waals surface area contributed by atoms with Crippen molar-refractivity contribution in [3.8, 4) is 0 Å². The summed E-state index contributed by atoms with van der Waals surface area (Å²) in [6.45, 7) is 14.4. The molecule has 0 aliphatic heterocycles. The molecule has 0 aliphatic carbocycles. The highest BCUT2D eigenvalue weighted by atomic mass is 16.6. The zero-order chi connectivity index (χ0) is 22.1. The number of rotatable bonds is 7. The van der Waals surface area contributed by atoms with Gasteiger partial charge in [-0.05, 0) is 59.2 Å². The van der Waals surface area contributed by atoms with Crippen LogP contribution in [0.15, 0.2) is 29.3 Å². The number of hydrogen-bond acceptors (Lipinski definition) is 4. The first kappa shape index (κ1) is 24.3. The highest BCUT2D eigenvalue weighted by Gasteiger charge is 2.24. The largest absolute Gasteiger partial charge is 0.444 e. The maximum absolute atomic E-state index is 12.0. The third kappa shape index (κ3) is 11.0. The number of hydrogen-bond donors (Lipinski definition) is 4. The third-order valence-corrected chi connectivity index (χ3v) is 3.55. The Labute approximate surface area is 173 Å². The van der Waals surface area contributed by atoms with Crippen molar-refractivity contribution in [2.45, 2.75) is 66.2 Å². The van der Waals surface area contributed by atoms with Gasteiger partial charge in [0.25, 0.3) is 0 Å². The van der Waals surface area contributed by atoms with Gasteiger partial charge in [-0.15, -0.1) is 0 Å². The topological polar surface area (TPSA) is 104 Å². The van der Waals surface area contributed by atoms with Gasteiger partial charge >= 0.3 is 6.09 Å². The first-order valence-electron chi connectivity index (χ1n) is 9.80. The van der Waals surface area contributed by atoms with Crippen LogP contribution in [-0.4, -0.2) is 42.2 Å². The van der Waals surface area contributed by atoms with Crippen molar-refractivity contribution in [2.24, 2.45) is 4.99 Å². The standard InChI is InChI=1S/C21H35N5O3/c1-8-22-18(23-13-16-10-9-11-17(12-16)25-15(2)27)24-14-21(6,7)26-19(28)29-20(3,4)5/h9-12H,8,13-14H2,1-7H3,(H,25,27)(H,26,28)(H2,22,23,24). The fraction of sp³-hybridized carbons (Fsp3) is 0.571. The predicted molar refractivity (Wildman–Crippen MR) is 117 cm³/mol. The summed E-state index contributed by atoms with van der Waals surface area (Å²) in [5.41, 5.74) is 0.630. The number of aliphatic imine (C=N–C) groups is 1. The van der Waals surface area contributed by atoms with E-state index in [0.29, 0.717) is 25.6 Å². The minimum Gasteiger partial charge on any atom is -0.444 e. The molecule has 29 heavy (non-hydrogen) atoms. The first-order chi connectivity index (χ1) is 13.4. The molecule has 1 aromatic rings. The average molecular weight is 406 g/mol. The van der Waals surface area contributed by atoms with Gasteiger partial charge < -0.3 is 26.0 Å². The molecule has 0 aromatic heterocycles. The van der Waals surface area contributed by atoms with Gasteiger partial charge in [0.05, 0.1) is 12.1 Å². The van der Waals surface area contributed by atoms with Crippen molar-refractivity contribution in [3.05, 3.63) is 29.8 Å². The molecule has 0 fully saturated rings. The van der Waals surface area contributed by atoms with Crippen molar-refractivity contribution in [2.75, 3.05) is 18.4 Å². The lowest BCUT2D eigenvalue weighted by molar-refractivity contribution is -0.114. The van der Waals surface area contributed by atoms with E-state index in [1.807, 2.05) is 65.8 Å². The maximum Gasteiger partial charge on any atom is 0.408 e. The molecule has 0 bridgehead atoms. The lowest BCUT2D eigenvalue weighted by Crippen LogP contribution is -2.54. The van der Waals surface area contributed by atoms with Gasteiger partial charge in [-0.25, -0.2) is 9.79 Å². The lowest BCUT2D eigenvalue weighted by Gasteiger charge is -2.29. The van der Waals surface area contributed by atoms with Crippen molar-refractivity contribution >= 4 is 23.6 Å². The lowest BCUT2D eigenvalue weighted by atomic mass is 10.1. The molecule has 162 valence electrons. The van der Waals surface area contributed by atoms with E-state index in [1.54, 1.807) is 0 Å². The van der Waals surface area contributed by atoms with E-state index < -0.39 is 17.2 Å². The number of amides is 2. The number of alkyl carbamates (subject to hydrolysis) is 1. The van der Waals surface area contributed by atoms with E-state index in [9.17, 15) is 9.59 Å². The third-order valence-electron chi connectivity index (χ3n) is 3.55. The Kier molecular flexibility index (Phi) is 8.94. The molecule has 0 aliphatic rings.